The van der Waals surface area contributed by atoms with Gasteiger partial charge >= 0.3 is 0 Å². The van der Waals surface area contributed by atoms with Crippen LogP contribution in [0.2, 0.25) is 0 Å². The van der Waals surface area contributed by atoms with E-state index in [1.54, 1.807) is 13.1 Å². The molecule has 0 aliphatic carbocycles. The van der Waals surface area contributed by atoms with Gasteiger partial charge in [-0.2, -0.15) is 5.10 Å². The number of aromatic nitrogens is 2. The Kier molecular flexibility index (Phi) is 4.65. The van der Waals surface area contributed by atoms with Crippen LogP contribution in [0.15, 0.2) is 48.7 Å². The summed E-state index contributed by atoms with van der Waals surface area (Å²) in [5.41, 5.74) is 2.24. The average molecular weight is 335 g/mol. The zero-order valence-corrected chi connectivity index (χ0v) is 14.6. The number of nitrogens with zero attached hydrogens (tertiary/aromatic N) is 2. The fourth-order valence-electron chi connectivity index (χ4n) is 2.94. The fourth-order valence-corrected chi connectivity index (χ4v) is 2.94. The van der Waals surface area contributed by atoms with Crippen molar-refractivity contribution in [1.29, 1.82) is 0 Å². The molecule has 2 aromatic carbocycles. The highest BCUT2D eigenvalue weighted by Crippen LogP contribution is 2.20. The molecule has 128 valence electrons. The number of nitrogens with one attached hydrogen (secondary N) is 1. The minimum atomic E-state index is -0.140. The van der Waals surface area contributed by atoms with E-state index in [1.165, 1.54) is 17.0 Å². The molecule has 0 saturated heterocycles. The van der Waals surface area contributed by atoms with Crippen molar-refractivity contribution in [3.63, 3.8) is 0 Å². The van der Waals surface area contributed by atoms with E-state index in [0.29, 0.717) is 11.3 Å². The molecule has 0 radical (unpaired) electrons. The van der Waals surface area contributed by atoms with Crippen LogP contribution in [0.3, 0.4) is 0 Å². The summed E-state index contributed by atoms with van der Waals surface area (Å²) in [6.07, 6.45) is 1.62. The zero-order valence-electron chi connectivity index (χ0n) is 14.6. The molecule has 25 heavy (non-hydrogen) atoms. The van der Waals surface area contributed by atoms with E-state index in [-0.39, 0.29) is 24.3 Å². The maximum absolute atomic E-state index is 12.3. The van der Waals surface area contributed by atoms with Gasteiger partial charge in [0, 0.05) is 6.20 Å². The molecule has 0 bridgehead atoms. The summed E-state index contributed by atoms with van der Waals surface area (Å²) in [5.74, 6) is -0.188. The van der Waals surface area contributed by atoms with Gasteiger partial charge in [-0.15, -0.1) is 0 Å². The molecule has 0 aliphatic heterocycles. The number of ketones is 1. The Balaban J connectivity index is 1.69. The molecule has 0 fully saturated rings. The van der Waals surface area contributed by atoms with Crippen molar-refractivity contribution in [3.8, 4) is 0 Å². The molecule has 3 aromatic rings. The zero-order chi connectivity index (χ0) is 18.0. The van der Waals surface area contributed by atoms with Crippen molar-refractivity contribution in [2.45, 2.75) is 33.4 Å². The summed E-state index contributed by atoms with van der Waals surface area (Å²) in [5, 5.41) is 9.53. The standard InChI is InChI=1S/C20H21N3O2/c1-13(17-9-8-16-6-4-5-7-18(16)10-17)21-20(25)12-23-11-19(15(3)24)14(2)22-23/h4-11,13H,12H2,1-3H3,(H,21,25)/t13-/m1/s1. The molecule has 1 N–H and O–H groups in total. The Morgan fingerprint density at radius 2 is 1.88 bits per heavy atom. The van der Waals surface area contributed by atoms with Gasteiger partial charge in [0.25, 0.3) is 0 Å². The maximum Gasteiger partial charge on any atom is 0.242 e. The van der Waals surface area contributed by atoms with Gasteiger partial charge in [-0.05, 0) is 43.2 Å². The van der Waals surface area contributed by atoms with E-state index in [1.807, 2.05) is 25.1 Å². The molecule has 3 rings (SSSR count). The summed E-state index contributed by atoms with van der Waals surface area (Å²) in [7, 11) is 0. The largest absolute Gasteiger partial charge is 0.348 e. The van der Waals surface area contributed by atoms with Crippen molar-refractivity contribution in [2.24, 2.45) is 0 Å². The quantitative estimate of drug-likeness (QED) is 0.727. The van der Waals surface area contributed by atoms with Crippen LogP contribution in [0.1, 0.15) is 41.5 Å². The smallest absolute Gasteiger partial charge is 0.242 e. The minimum Gasteiger partial charge on any atom is -0.348 e. The van der Waals surface area contributed by atoms with Gasteiger partial charge in [-0.3, -0.25) is 14.3 Å². The van der Waals surface area contributed by atoms with Crippen LogP contribution in [-0.2, 0) is 11.3 Å². The maximum atomic E-state index is 12.3. The Labute approximate surface area is 146 Å². The average Bonchev–Trinajstić information content (AvgIpc) is 2.94. The minimum absolute atomic E-state index is 0.0475. The van der Waals surface area contributed by atoms with Crippen molar-refractivity contribution < 1.29 is 9.59 Å². The van der Waals surface area contributed by atoms with Crippen LogP contribution in [0, 0.1) is 6.92 Å². The van der Waals surface area contributed by atoms with Gasteiger partial charge in [0.05, 0.1) is 17.3 Å². The summed E-state index contributed by atoms with van der Waals surface area (Å²) in [6.45, 7) is 5.31. The lowest BCUT2D eigenvalue weighted by molar-refractivity contribution is -0.122. The number of benzene rings is 2. The summed E-state index contributed by atoms with van der Waals surface area (Å²) < 4.78 is 1.51. The van der Waals surface area contributed by atoms with Gasteiger partial charge in [0.1, 0.15) is 6.54 Å². The first-order valence-electron chi connectivity index (χ1n) is 8.27. The van der Waals surface area contributed by atoms with Crippen molar-refractivity contribution >= 4 is 22.5 Å². The summed E-state index contributed by atoms with van der Waals surface area (Å²) in [6, 6.07) is 14.2. The highest BCUT2D eigenvalue weighted by molar-refractivity contribution is 5.94. The van der Waals surface area contributed by atoms with Crippen LogP contribution in [-0.4, -0.2) is 21.5 Å². The van der Waals surface area contributed by atoms with Crippen LogP contribution in [0.4, 0.5) is 0 Å². The number of rotatable bonds is 5. The first-order valence-corrected chi connectivity index (χ1v) is 8.27. The lowest BCUT2D eigenvalue weighted by Gasteiger charge is -2.15. The van der Waals surface area contributed by atoms with Crippen LogP contribution in [0.25, 0.3) is 10.8 Å². The number of amides is 1. The number of Topliss-reactive ketones (excluding diaryl/α,β-unsaturated/α-hetero) is 1. The topological polar surface area (TPSA) is 64.0 Å². The predicted molar refractivity (Wildman–Crippen MR) is 97.5 cm³/mol. The lowest BCUT2D eigenvalue weighted by atomic mass is 10.0. The summed E-state index contributed by atoms with van der Waals surface area (Å²) >= 11 is 0. The number of fused-ring (bicyclic) bond motifs is 1. The number of carbonyl (C=O) groups is 2. The molecule has 0 unspecified atom stereocenters. The molecule has 0 saturated carbocycles. The summed E-state index contributed by atoms with van der Waals surface area (Å²) in [4.78, 5) is 23.8. The molecule has 1 amide bonds. The number of hydrogen-bond acceptors (Lipinski definition) is 3. The second-order valence-corrected chi connectivity index (χ2v) is 6.28. The second-order valence-electron chi connectivity index (χ2n) is 6.28. The van der Waals surface area contributed by atoms with Crippen molar-refractivity contribution in [1.82, 2.24) is 15.1 Å². The third-order valence-corrected chi connectivity index (χ3v) is 4.28. The monoisotopic (exact) mass is 335 g/mol. The first kappa shape index (κ1) is 16.9. The van der Waals surface area contributed by atoms with E-state index in [2.05, 4.69) is 34.7 Å². The Hall–Kier alpha value is -2.95. The third kappa shape index (κ3) is 3.76. The number of hydrogen-bond donors (Lipinski definition) is 1. The SMILES string of the molecule is CC(=O)c1cn(CC(=O)N[C@H](C)c2ccc3ccccc3c2)nc1C. The fraction of sp³-hybridized carbons (Fsp3) is 0.250. The van der Waals surface area contributed by atoms with Gasteiger partial charge in [-0.25, -0.2) is 0 Å². The van der Waals surface area contributed by atoms with Gasteiger partial charge in [-0.1, -0.05) is 36.4 Å². The molecule has 1 aromatic heterocycles. The van der Waals surface area contributed by atoms with E-state index in [9.17, 15) is 9.59 Å². The van der Waals surface area contributed by atoms with E-state index >= 15 is 0 Å². The highest BCUT2D eigenvalue weighted by atomic mass is 16.2. The van der Waals surface area contributed by atoms with Gasteiger partial charge < -0.3 is 5.32 Å². The Bertz CT molecular complexity index is 943. The Morgan fingerprint density at radius 1 is 1.16 bits per heavy atom. The molecular formula is C20H21N3O2. The first-order chi connectivity index (χ1) is 11.9. The molecule has 0 aliphatic rings. The lowest BCUT2D eigenvalue weighted by Crippen LogP contribution is -2.30. The third-order valence-electron chi connectivity index (χ3n) is 4.28. The number of aryl methyl sites for hydroxylation is 1. The molecule has 5 nitrogen and oxygen atoms in total. The predicted octanol–water partition coefficient (Wildman–Crippen LogP) is 3.42. The van der Waals surface area contributed by atoms with Crippen molar-refractivity contribution in [3.05, 3.63) is 65.5 Å². The molecule has 1 heterocycles. The van der Waals surface area contributed by atoms with Gasteiger partial charge in [0.15, 0.2) is 5.78 Å². The highest BCUT2D eigenvalue weighted by Gasteiger charge is 2.14. The van der Waals surface area contributed by atoms with Crippen LogP contribution < -0.4 is 5.32 Å². The van der Waals surface area contributed by atoms with Gasteiger partial charge in [0.2, 0.25) is 5.91 Å². The molecule has 0 spiro atoms. The van der Waals surface area contributed by atoms with E-state index < -0.39 is 0 Å². The Morgan fingerprint density at radius 3 is 2.56 bits per heavy atom. The van der Waals surface area contributed by atoms with Crippen LogP contribution in [0.5, 0.6) is 0 Å². The number of carbonyl (C=O) groups excluding carboxylic acids is 2. The normalized spacial score (nSPS) is 12.1. The molecule has 5 heteroatoms. The van der Waals surface area contributed by atoms with E-state index in [0.717, 1.165) is 10.9 Å². The van der Waals surface area contributed by atoms with Crippen molar-refractivity contribution in [2.75, 3.05) is 0 Å². The molecular weight excluding hydrogens is 314 g/mol. The van der Waals surface area contributed by atoms with Crippen LogP contribution >= 0.6 is 0 Å². The molecule has 1 atom stereocenters. The van der Waals surface area contributed by atoms with E-state index in [4.69, 9.17) is 0 Å². The second kappa shape index (κ2) is 6.89.